The topological polar surface area (TPSA) is 35.5 Å². The highest BCUT2D eigenvalue weighted by atomic mass is 16.5. The van der Waals surface area contributed by atoms with E-state index in [4.69, 9.17) is 9.47 Å². The lowest BCUT2D eigenvalue weighted by Gasteiger charge is -2.25. The van der Waals surface area contributed by atoms with Gasteiger partial charge in [0, 0.05) is 5.56 Å². The average molecular weight is 318 g/mol. The molecule has 0 spiro atoms. The van der Waals surface area contributed by atoms with Gasteiger partial charge in [0.2, 0.25) is 0 Å². The predicted molar refractivity (Wildman–Crippen MR) is 93.0 cm³/mol. The molecule has 1 saturated carbocycles. The molecule has 0 heterocycles. The summed E-state index contributed by atoms with van der Waals surface area (Å²) in [5, 5.41) is 0. The monoisotopic (exact) mass is 318 g/mol. The van der Waals surface area contributed by atoms with Crippen LogP contribution in [0.5, 0.6) is 5.75 Å². The number of esters is 1. The minimum absolute atomic E-state index is 0.0550. The molecule has 2 atom stereocenters. The van der Waals surface area contributed by atoms with Crippen molar-refractivity contribution in [2.45, 2.75) is 59.3 Å². The zero-order valence-electron chi connectivity index (χ0n) is 15.4. The maximum atomic E-state index is 11.6. The van der Waals surface area contributed by atoms with E-state index in [1.807, 2.05) is 6.92 Å². The highest BCUT2D eigenvalue weighted by Gasteiger charge is 2.43. The third kappa shape index (κ3) is 4.27. The molecule has 3 heteroatoms. The number of rotatable bonds is 6. The van der Waals surface area contributed by atoms with Gasteiger partial charge in [-0.05, 0) is 50.0 Å². The minimum atomic E-state index is -0.0559. The van der Waals surface area contributed by atoms with E-state index in [0.29, 0.717) is 12.5 Å². The molecule has 1 aliphatic carbocycles. The van der Waals surface area contributed by atoms with E-state index < -0.39 is 0 Å². The van der Waals surface area contributed by atoms with Gasteiger partial charge in [-0.2, -0.15) is 0 Å². The molecule has 0 amide bonds. The normalized spacial score (nSPS) is 20.3. The lowest BCUT2D eigenvalue weighted by atomic mass is 9.83. The quantitative estimate of drug-likeness (QED) is 0.728. The third-order valence-electron chi connectivity index (χ3n) is 4.62. The lowest BCUT2D eigenvalue weighted by Crippen LogP contribution is -2.15. The molecule has 0 aliphatic heterocycles. The molecule has 1 aromatic rings. The van der Waals surface area contributed by atoms with Crippen LogP contribution in [0.3, 0.4) is 0 Å². The number of benzene rings is 1. The summed E-state index contributed by atoms with van der Waals surface area (Å²) in [4.78, 5) is 11.6. The van der Waals surface area contributed by atoms with Crippen molar-refractivity contribution >= 4 is 5.97 Å². The third-order valence-corrected chi connectivity index (χ3v) is 4.62. The molecular weight excluding hydrogens is 288 g/mol. The van der Waals surface area contributed by atoms with Gasteiger partial charge in [0.25, 0.3) is 0 Å². The molecule has 1 aliphatic rings. The van der Waals surface area contributed by atoms with E-state index in [9.17, 15) is 4.79 Å². The van der Waals surface area contributed by atoms with Crippen LogP contribution in [0.25, 0.3) is 0 Å². The largest absolute Gasteiger partial charge is 0.493 e. The van der Waals surface area contributed by atoms with E-state index in [1.165, 1.54) is 23.8 Å². The van der Waals surface area contributed by atoms with Gasteiger partial charge in [0.15, 0.2) is 0 Å². The standard InChI is InChI=1S/C20H30O3/c1-7-23-18-15(9-8-14-12-16(14)19(21)22-6)10-13(2)11-17(18)20(3,4)5/h10-11,14,16H,7-9,12H2,1-6H3. The molecule has 2 unspecified atom stereocenters. The van der Waals surface area contributed by atoms with Crippen LogP contribution in [-0.2, 0) is 21.4 Å². The molecule has 0 radical (unpaired) electrons. The molecule has 0 saturated heterocycles. The van der Waals surface area contributed by atoms with Gasteiger partial charge in [-0.15, -0.1) is 0 Å². The summed E-state index contributed by atoms with van der Waals surface area (Å²) in [5.74, 6) is 1.57. The Morgan fingerprint density at radius 2 is 2.00 bits per heavy atom. The van der Waals surface area contributed by atoms with E-state index in [2.05, 4.69) is 39.8 Å². The predicted octanol–water partition coefficient (Wildman–Crippen LogP) is 4.43. The van der Waals surface area contributed by atoms with Crippen molar-refractivity contribution in [3.8, 4) is 5.75 Å². The van der Waals surface area contributed by atoms with Crippen molar-refractivity contribution in [1.82, 2.24) is 0 Å². The first-order valence-corrected chi connectivity index (χ1v) is 8.62. The first kappa shape index (κ1) is 17.8. The number of aryl methyl sites for hydroxylation is 2. The van der Waals surface area contributed by atoms with E-state index in [0.717, 1.165) is 25.0 Å². The molecule has 3 nitrogen and oxygen atoms in total. The van der Waals surface area contributed by atoms with Crippen molar-refractivity contribution in [1.29, 1.82) is 0 Å². The Hall–Kier alpha value is -1.51. The second kappa shape index (κ2) is 6.94. The minimum Gasteiger partial charge on any atom is -0.493 e. The second-order valence-corrected chi connectivity index (χ2v) is 7.65. The Morgan fingerprint density at radius 3 is 2.57 bits per heavy atom. The van der Waals surface area contributed by atoms with Crippen LogP contribution in [0.2, 0.25) is 0 Å². The van der Waals surface area contributed by atoms with Crippen molar-refractivity contribution in [3.05, 3.63) is 28.8 Å². The zero-order chi connectivity index (χ0) is 17.2. The van der Waals surface area contributed by atoms with Gasteiger partial charge in [-0.25, -0.2) is 0 Å². The maximum Gasteiger partial charge on any atom is 0.308 e. The fourth-order valence-electron chi connectivity index (χ4n) is 3.25. The summed E-state index contributed by atoms with van der Waals surface area (Å²) in [6.45, 7) is 11.5. The smallest absolute Gasteiger partial charge is 0.308 e. The Balaban J connectivity index is 2.17. The van der Waals surface area contributed by atoms with Gasteiger partial charge >= 0.3 is 5.97 Å². The first-order valence-electron chi connectivity index (χ1n) is 8.62. The Morgan fingerprint density at radius 1 is 1.30 bits per heavy atom. The van der Waals surface area contributed by atoms with Crippen molar-refractivity contribution < 1.29 is 14.3 Å². The molecule has 23 heavy (non-hydrogen) atoms. The summed E-state index contributed by atoms with van der Waals surface area (Å²) in [6, 6.07) is 4.47. The van der Waals surface area contributed by atoms with E-state index in [-0.39, 0.29) is 17.3 Å². The number of methoxy groups -OCH3 is 1. The number of hydrogen-bond acceptors (Lipinski definition) is 3. The zero-order valence-corrected chi connectivity index (χ0v) is 15.4. The molecular formula is C20H30O3. The molecule has 0 N–H and O–H groups in total. The van der Waals surface area contributed by atoms with Gasteiger partial charge in [0.05, 0.1) is 19.6 Å². The summed E-state index contributed by atoms with van der Waals surface area (Å²) in [6.07, 6.45) is 2.94. The van der Waals surface area contributed by atoms with E-state index in [1.54, 1.807) is 0 Å². The van der Waals surface area contributed by atoms with Crippen molar-refractivity contribution in [2.75, 3.05) is 13.7 Å². The second-order valence-electron chi connectivity index (χ2n) is 7.65. The summed E-state index contributed by atoms with van der Waals surface area (Å²) >= 11 is 0. The van der Waals surface area contributed by atoms with Crippen LogP contribution < -0.4 is 4.74 Å². The fourth-order valence-corrected chi connectivity index (χ4v) is 3.25. The van der Waals surface area contributed by atoms with Gasteiger partial charge in [-0.3, -0.25) is 4.79 Å². The SMILES string of the molecule is CCOc1c(CCC2CC2C(=O)OC)cc(C)cc1C(C)(C)C. The van der Waals surface area contributed by atoms with Crippen LogP contribution >= 0.6 is 0 Å². The Labute approximate surface area is 140 Å². The highest BCUT2D eigenvalue weighted by Crippen LogP contribution is 2.44. The number of ether oxygens (including phenoxy) is 2. The summed E-state index contributed by atoms with van der Waals surface area (Å²) in [5.41, 5.74) is 3.87. The van der Waals surface area contributed by atoms with E-state index >= 15 is 0 Å². The van der Waals surface area contributed by atoms with Crippen molar-refractivity contribution in [2.24, 2.45) is 11.8 Å². The Bertz CT molecular complexity index is 569. The Kier molecular flexibility index (Phi) is 5.38. The highest BCUT2D eigenvalue weighted by molar-refractivity contribution is 5.75. The molecule has 0 bridgehead atoms. The van der Waals surface area contributed by atoms with Crippen LogP contribution in [0.1, 0.15) is 57.2 Å². The lowest BCUT2D eigenvalue weighted by molar-refractivity contribution is -0.142. The number of carbonyl (C=O) groups is 1. The summed E-state index contributed by atoms with van der Waals surface area (Å²) < 4.78 is 10.8. The van der Waals surface area contributed by atoms with Crippen LogP contribution in [-0.4, -0.2) is 19.7 Å². The molecule has 1 fully saturated rings. The van der Waals surface area contributed by atoms with Crippen molar-refractivity contribution in [3.63, 3.8) is 0 Å². The van der Waals surface area contributed by atoms with Crippen LogP contribution in [0.4, 0.5) is 0 Å². The number of hydrogen-bond donors (Lipinski definition) is 0. The van der Waals surface area contributed by atoms with Crippen LogP contribution in [0.15, 0.2) is 12.1 Å². The average Bonchev–Trinajstić information content (AvgIpc) is 3.25. The van der Waals surface area contributed by atoms with Crippen LogP contribution in [0, 0.1) is 18.8 Å². The van der Waals surface area contributed by atoms with Gasteiger partial charge in [-0.1, -0.05) is 38.5 Å². The first-order chi connectivity index (χ1) is 10.8. The van der Waals surface area contributed by atoms with Gasteiger partial charge in [0.1, 0.15) is 5.75 Å². The molecule has 1 aromatic carbocycles. The molecule has 0 aromatic heterocycles. The van der Waals surface area contributed by atoms with Gasteiger partial charge < -0.3 is 9.47 Å². The molecule has 128 valence electrons. The summed E-state index contributed by atoms with van der Waals surface area (Å²) in [7, 11) is 1.47. The molecule has 2 rings (SSSR count). The maximum absolute atomic E-state index is 11.6. The fraction of sp³-hybridized carbons (Fsp3) is 0.650. The number of carbonyl (C=O) groups excluding carboxylic acids is 1.